The van der Waals surface area contributed by atoms with Gasteiger partial charge in [0.2, 0.25) is 0 Å². The van der Waals surface area contributed by atoms with E-state index in [1.807, 2.05) is 171 Å². The number of hydrogen-bond donors (Lipinski definition) is 3. The van der Waals surface area contributed by atoms with E-state index in [-0.39, 0.29) is 42.7 Å². The van der Waals surface area contributed by atoms with Gasteiger partial charge < -0.3 is 49.2 Å². The second-order valence-corrected chi connectivity index (χ2v) is 40.3. The van der Waals surface area contributed by atoms with Gasteiger partial charge in [0.05, 0.1) is 42.1 Å². The van der Waals surface area contributed by atoms with Crippen LogP contribution in [0.15, 0.2) is 322 Å². The minimum absolute atomic E-state index is 0.135. The van der Waals surface area contributed by atoms with Crippen LogP contribution in [-0.2, 0) is 23.7 Å². The quantitative estimate of drug-likeness (QED) is 0.0510. The summed E-state index contributed by atoms with van der Waals surface area (Å²) in [5.74, 6) is -5.00. The Morgan fingerprint density at radius 3 is 0.899 bits per heavy atom. The molecule has 3 saturated heterocycles. The Labute approximate surface area is 879 Å². The van der Waals surface area contributed by atoms with E-state index in [2.05, 4.69) is 232 Å². The summed E-state index contributed by atoms with van der Waals surface area (Å²) in [6.45, 7) is 29.9. The SMILES string of the molecule is CCOC(=O)c1cc(-c2ccc(C3=CCN(C(=O)OC(C)(C)C)CC3)cc2)c2ccc(-c3ccc(C)cc3)cc2c1.[3H]C1CN(C(=O)OC(C)(C)C)CCC1([3H])c1ccc(-c2cc(C(=O)OCC)cc3cc(-c4ccc(C)cc4)ccc23)cc1.[3H]C1CNCCC1([3H])c1ccc(-c2cc(C(=O)O)cc3cc(-c4ccc(C)cc4)ccc23)cc1.[3H]C1CNCCC1([3H])c1ccc(-c2cc(C(=O)OCC)cc3cc(-c4ccc(C)cc4)ccc23)cc1. The largest absolute Gasteiger partial charge is 0.478 e. The lowest BCUT2D eigenvalue weighted by molar-refractivity contribution is 0.0202. The number of ether oxygens (including phenoxy) is 5. The summed E-state index contributed by atoms with van der Waals surface area (Å²) in [5.41, 5.74) is 26.5. The summed E-state index contributed by atoms with van der Waals surface area (Å²) in [7, 11) is 0. The van der Waals surface area contributed by atoms with E-state index in [1.54, 1.807) is 24.0 Å². The second-order valence-electron chi connectivity index (χ2n) is 40.3. The van der Waals surface area contributed by atoms with Gasteiger partial charge >= 0.3 is 36.1 Å². The molecule has 148 heavy (non-hydrogen) atoms. The van der Waals surface area contributed by atoms with Crippen molar-refractivity contribution in [1.29, 1.82) is 0 Å². The van der Waals surface area contributed by atoms with Crippen LogP contribution in [0.5, 0.6) is 0 Å². The van der Waals surface area contributed by atoms with Crippen molar-refractivity contribution >= 4 is 84.7 Å². The van der Waals surface area contributed by atoms with E-state index < -0.39 is 60.1 Å². The Balaban J connectivity index is 0.000000140. The number of carboxylic acids is 1. The number of aryl methyl sites for hydroxylation is 4. The highest BCUT2D eigenvalue weighted by Gasteiger charge is 2.31. The predicted octanol–water partition coefficient (Wildman–Crippen LogP) is 31.2. The van der Waals surface area contributed by atoms with Crippen LogP contribution in [0.3, 0.4) is 0 Å². The van der Waals surface area contributed by atoms with Crippen LogP contribution in [0.4, 0.5) is 9.59 Å². The van der Waals surface area contributed by atoms with Gasteiger partial charge in [0.1, 0.15) is 11.2 Å². The van der Waals surface area contributed by atoms with Gasteiger partial charge in [-0.15, -0.1) is 0 Å². The third-order valence-electron chi connectivity index (χ3n) is 27.2. The Morgan fingerprint density at radius 1 is 0.324 bits per heavy atom. The third kappa shape index (κ3) is 25.8. The van der Waals surface area contributed by atoms with Crippen LogP contribution in [0.1, 0.15) is 219 Å². The molecule has 754 valence electrons. The number of carbonyl (C=O) groups is 6. The van der Waals surface area contributed by atoms with Crippen molar-refractivity contribution in [3.8, 4) is 89.0 Å². The van der Waals surface area contributed by atoms with E-state index in [9.17, 15) is 35.2 Å². The number of carboxylic acid groups (broad SMARTS) is 1. The molecule has 0 spiro atoms. The molecule has 0 radical (unpaired) electrons. The van der Waals surface area contributed by atoms with E-state index in [4.69, 9.17) is 30.5 Å². The van der Waals surface area contributed by atoms with Crippen LogP contribution in [0, 0.1) is 27.7 Å². The smallest absolute Gasteiger partial charge is 0.410 e. The Morgan fingerprint density at radius 2 is 0.608 bits per heavy atom. The fraction of sp³-hybridized carbons (Fsp3) is 0.273. The number of likely N-dealkylation sites (tertiary alicyclic amines) is 1. The average molecular weight is 1980 g/mol. The number of benzene rings is 16. The molecule has 6 atom stereocenters. The number of nitrogens with one attached hydrogen (secondary N) is 2. The van der Waals surface area contributed by atoms with Crippen molar-refractivity contribution in [3.63, 3.8) is 0 Å². The van der Waals surface area contributed by atoms with Gasteiger partial charge in [-0.25, -0.2) is 28.8 Å². The summed E-state index contributed by atoms with van der Waals surface area (Å²) < 4.78 is 79.6. The fourth-order valence-corrected chi connectivity index (χ4v) is 19.3. The minimum atomic E-state index is -1.16. The zero-order valence-corrected chi connectivity index (χ0v) is 86.8. The number of esters is 3. The lowest BCUT2D eigenvalue weighted by atomic mass is 9.87. The highest BCUT2D eigenvalue weighted by atomic mass is 16.6. The number of aromatic carboxylic acids is 1. The highest BCUT2D eigenvalue weighted by Crippen LogP contribution is 2.43. The molecule has 0 bridgehead atoms. The Kier molecular flexibility index (Phi) is 30.5. The van der Waals surface area contributed by atoms with Crippen molar-refractivity contribution in [3.05, 3.63) is 388 Å². The predicted molar refractivity (Wildman–Crippen MR) is 603 cm³/mol. The monoisotopic (exact) mass is 1980 g/mol. The topological polar surface area (TPSA) is 199 Å². The number of piperidine rings is 3. The molecule has 16 nitrogen and oxygen atoms in total. The fourth-order valence-electron chi connectivity index (χ4n) is 19.3. The summed E-state index contributed by atoms with van der Waals surface area (Å²) in [5, 5.41) is 24.0. The summed E-state index contributed by atoms with van der Waals surface area (Å²) in [6.07, 6.45) is 1.84. The van der Waals surface area contributed by atoms with Crippen molar-refractivity contribution in [1.82, 2.24) is 20.4 Å². The first-order valence-electron chi connectivity index (χ1n) is 54.6. The summed E-state index contributed by atoms with van der Waals surface area (Å²) >= 11 is 0. The van der Waals surface area contributed by atoms with Gasteiger partial charge in [-0.05, 0) is 411 Å². The van der Waals surface area contributed by atoms with E-state index >= 15 is 0 Å². The number of hydrogen-bond acceptors (Lipinski definition) is 13. The van der Waals surface area contributed by atoms with Crippen LogP contribution < -0.4 is 10.6 Å². The van der Waals surface area contributed by atoms with Gasteiger partial charge in [0.25, 0.3) is 0 Å². The maximum Gasteiger partial charge on any atom is 0.410 e. The van der Waals surface area contributed by atoms with Crippen LogP contribution in [-0.4, -0.2) is 134 Å². The average Bonchev–Trinajstić information content (AvgIpc) is 0.818. The van der Waals surface area contributed by atoms with Crippen LogP contribution >= 0.6 is 0 Å². The van der Waals surface area contributed by atoms with Gasteiger partial charge in [0, 0.05) is 34.4 Å². The maximum absolute atomic E-state index is 12.8. The molecule has 4 heterocycles. The van der Waals surface area contributed by atoms with Gasteiger partial charge in [0.15, 0.2) is 0 Å². The molecule has 0 saturated carbocycles. The zero-order valence-electron chi connectivity index (χ0n) is 92.8. The maximum atomic E-state index is 12.8. The molecule has 3 N–H and O–H groups in total. The third-order valence-corrected chi connectivity index (χ3v) is 27.2. The lowest BCUT2D eigenvalue weighted by Crippen LogP contribution is -2.41. The Hall–Kier alpha value is -15.4. The molecule has 2 amide bonds. The standard InChI is InChI=1S/C36H39NO4.C36H37NO4.C31H31NO2.C29H27NO2/c2*1-6-40-34(38)31-22-30-21-29(26-9-7-24(2)8-10-26)15-16-32(30)33(23-31)28-13-11-25(12-14-28)27-17-19-37(20-18-27)35(39)41-36(3,4)5;1-3-34-31(33)28-19-27-18-26(23-6-4-21(2)5-7-23)12-13-29(27)30(20-28)25-10-8-22(9-11-25)24-14-16-32-17-15-24;1-19-2-4-21(5-3-19)24-10-11-27-25(16-24)17-26(29(31)32)18-28(27)23-8-6-20(7-9-23)22-12-14-30-15-13-22/h7-16,21-23,27H,6,17-20H2,1-5H3;7-17,21-23H,6,18-20H2,1-5H3;4-13,18-20,24,32H,3,14-17H2,1-2H3;2-11,16-18,22,30H,12-15H2,1H3,(H,31,32)/i17T,27T;;14T,24T;12T,22T. The van der Waals surface area contributed by atoms with E-state index in [1.165, 1.54) is 32.7 Å². The van der Waals surface area contributed by atoms with E-state index in [0.29, 0.717) is 81.9 Å². The molecule has 3 fully saturated rings. The molecular formula is C132H134N4O12. The molecule has 4 aliphatic heterocycles. The molecule has 16 heteroatoms. The number of nitrogens with zero attached hydrogens (tertiary/aromatic N) is 2. The summed E-state index contributed by atoms with van der Waals surface area (Å²) in [6, 6.07) is 106. The first-order valence-corrected chi connectivity index (χ1v) is 51.3. The minimum Gasteiger partial charge on any atom is -0.478 e. The lowest BCUT2D eigenvalue weighted by Gasteiger charge is -2.33. The van der Waals surface area contributed by atoms with Crippen molar-refractivity contribution in [2.24, 2.45) is 0 Å². The molecule has 0 aromatic heterocycles. The van der Waals surface area contributed by atoms with Crippen LogP contribution in [0.25, 0.3) is 138 Å². The van der Waals surface area contributed by atoms with Crippen molar-refractivity contribution in [2.75, 3.05) is 72.2 Å². The number of amides is 2. The van der Waals surface area contributed by atoms with Crippen molar-refractivity contribution < 1.29 is 65.8 Å². The zero-order chi connectivity index (χ0) is 109. The highest BCUT2D eigenvalue weighted by molar-refractivity contribution is 6.09. The molecule has 4 aliphatic rings. The van der Waals surface area contributed by atoms with Gasteiger partial charge in [-0.3, -0.25) is 0 Å². The Bertz CT molecular complexity index is 7870. The number of rotatable bonds is 19. The van der Waals surface area contributed by atoms with Crippen LogP contribution in [0.2, 0.25) is 0 Å². The number of fused-ring (bicyclic) bond motifs is 4. The molecule has 16 aromatic carbocycles. The van der Waals surface area contributed by atoms with Gasteiger partial charge in [-0.2, -0.15) is 0 Å². The molecule has 20 rings (SSSR count). The first-order chi connectivity index (χ1) is 73.7. The molecule has 6 unspecified atom stereocenters. The van der Waals surface area contributed by atoms with E-state index in [0.717, 1.165) is 174 Å². The first kappa shape index (κ1) is 96.1. The molecule has 16 aromatic rings. The van der Waals surface area contributed by atoms with Gasteiger partial charge in [-0.1, -0.05) is 271 Å². The number of carbonyl (C=O) groups excluding carboxylic acids is 5. The molecule has 0 aliphatic carbocycles. The van der Waals surface area contributed by atoms with Crippen molar-refractivity contribution in [2.45, 2.75) is 164 Å². The normalized spacial score (nSPS) is 18.8. The summed E-state index contributed by atoms with van der Waals surface area (Å²) in [4.78, 5) is 78.6. The second kappa shape index (κ2) is 47.0. The molecular weight excluding hydrogens is 1830 g/mol.